The summed E-state index contributed by atoms with van der Waals surface area (Å²) in [5.74, 6) is -1.42. The Morgan fingerprint density at radius 3 is 2.04 bits per heavy atom. The van der Waals surface area contributed by atoms with Crippen LogP contribution in [0.4, 0.5) is 0 Å². The monoisotopic (exact) mass is 419 g/mol. The van der Waals surface area contributed by atoms with Crippen molar-refractivity contribution in [2.45, 2.75) is 9.58 Å². The summed E-state index contributed by atoms with van der Waals surface area (Å²) in [6, 6.07) is 4.43. The first-order chi connectivity index (χ1) is 11.1. The molecule has 136 valence electrons. The number of hydrogen-bond donors (Lipinski definition) is 1. The molecule has 1 N–H and O–H groups in total. The summed E-state index contributed by atoms with van der Waals surface area (Å²) in [5.41, 5.74) is 0.172. The lowest BCUT2D eigenvalue weighted by Gasteiger charge is -2.30. The third-order valence-corrected chi connectivity index (χ3v) is 6.33. The van der Waals surface area contributed by atoms with Gasteiger partial charge in [0, 0.05) is 19.8 Å². The van der Waals surface area contributed by atoms with Gasteiger partial charge in [-0.1, -0.05) is 34.8 Å². The van der Waals surface area contributed by atoms with Crippen LogP contribution in [0.5, 0.6) is 11.5 Å². The van der Waals surface area contributed by atoms with E-state index in [4.69, 9.17) is 53.3 Å². The highest BCUT2D eigenvalue weighted by Gasteiger charge is 2.49. The second-order valence-corrected chi connectivity index (χ2v) is 9.09. The van der Waals surface area contributed by atoms with E-state index in [0.29, 0.717) is 11.5 Å². The summed E-state index contributed by atoms with van der Waals surface area (Å²) >= 11 is 17.5. The average molecular weight is 421 g/mol. The number of rotatable bonds is 7. The number of alkyl halides is 3. The lowest BCUT2D eigenvalue weighted by atomic mass is 10.2. The zero-order chi connectivity index (χ0) is 18.5. The minimum absolute atomic E-state index is 0.172. The lowest BCUT2D eigenvalue weighted by Crippen LogP contribution is -2.44. The van der Waals surface area contributed by atoms with Crippen molar-refractivity contribution in [2.24, 2.45) is 0 Å². The van der Waals surface area contributed by atoms with Crippen molar-refractivity contribution < 1.29 is 27.9 Å². The van der Waals surface area contributed by atoms with Gasteiger partial charge in [-0.25, -0.2) is 0 Å². The third kappa shape index (κ3) is 4.91. The van der Waals surface area contributed by atoms with E-state index in [1.54, 1.807) is 0 Å². The van der Waals surface area contributed by atoms with Gasteiger partial charge in [-0.15, -0.1) is 0 Å². The van der Waals surface area contributed by atoms with Crippen molar-refractivity contribution in [3.8, 4) is 11.5 Å². The minimum atomic E-state index is -3.90. The van der Waals surface area contributed by atoms with E-state index in [0.717, 1.165) is 14.2 Å². The molecule has 1 aromatic carbocycles. The van der Waals surface area contributed by atoms with Crippen molar-refractivity contribution in [3.05, 3.63) is 23.8 Å². The number of nitrogens with one attached hydrogen (secondary N) is 1. The first-order valence-corrected chi connectivity index (χ1v) is 9.18. The van der Waals surface area contributed by atoms with E-state index in [2.05, 4.69) is 5.32 Å². The second-order valence-electron chi connectivity index (χ2n) is 4.39. The minimum Gasteiger partial charge on any atom is -0.493 e. The van der Waals surface area contributed by atoms with Gasteiger partial charge in [0.05, 0.1) is 14.2 Å². The Balaban J connectivity index is 3.16. The number of amides is 1. The van der Waals surface area contributed by atoms with Crippen LogP contribution in [0.1, 0.15) is 10.4 Å². The fourth-order valence-electron chi connectivity index (χ4n) is 1.81. The SMILES string of the molecule is COc1ccc(C(=O)NC(C(Cl)(Cl)Cl)P(=O)(OC)OC)cc1OC. The molecule has 0 aliphatic heterocycles. The largest absolute Gasteiger partial charge is 0.493 e. The van der Waals surface area contributed by atoms with E-state index in [9.17, 15) is 9.36 Å². The summed E-state index contributed by atoms with van der Waals surface area (Å²) < 4.78 is 30.2. The Morgan fingerprint density at radius 2 is 1.62 bits per heavy atom. The Kier molecular flexibility index (Phi) is 7.66. The molecule has 24 heavy (non-hydrogen) atoms. The molecular weight excluding hydrogens is 403 g/mol. The molecule has 1 rings (SSSR count). The molecule has 0 saturated heterocycles. The molecule has 0 saturated carbocycles. The molecule has 0 bridgehead atoms. The normalized spacial score (nSPS) is 13.3. The molecule has 0 fully saturated rings. The highest BCUT2D eigenvalue weighted by atomic mass is 35.6. The number of benzene rings is 1. The van der Waals surface area contributed by atoms with Gasteiger partial charge in [-0.3, -0.25) is 9.36 Å². The molecule has 1 amide bonds. The third-order valence-electron chi connectivity index (χ3n) is 3.05. The van der Waals surface area contributed by atoms with Gasteiger partial charge >= 0.3 is 7.60 Å². The maximum absolute atomic E-state index is 12.5. The van der Waals surface area contributed by atoms with Crippen LogP contribution in [-0.2, 0) is 13.6 Å². The molecule has 7 nitrogen and oxygen atoms in total. The molecule has 0 spiro atoms. The summed E-state index contributed by atoms with van der Waals surface area (Å²) in [7, 11) is 1.22. The quantitative estimate of drug-likeness (QED) is 0.536. The van der Waals surface area contributed by atoms with Crippen LogP contribution in [0.2, 0.25) is 0 Å². The summed E-state index contributed by atoms with van der Waals surface area (Å²) in [6.07, 6.45) is 0. The second kappa shape index (κ2) is 8.61. The van der Waals surface area contributed by atoms with Gasteiger partial charge in [0.2, 0.25) is 3.79 Å². The van der Waals surface area contributed by atoms with E-state index in [1.165, 1.54) is 32.4 Å². The molecule has 0 heterocycles. The van der Waals surface area contributed by atoms with E-state index in [-0.39, 0.29) is 5.56 Å². The summed E-state index contributed by atoms with van der Waals surface area (Å²) in [5, 5.41) is 2.36. The highest BCUT2D eigenvalue weighted by Crippen LogP contribution is 2.57. The van der Waals surface area contributed by atoms with E-state index < -0.39 is 23.1 Å². The van der Waals surface area contributed by atoms with Crippen molar-refractivity contribution in [3.63, 3.8) is 0 Å². The Bertz CT molecular complexity index is 629. The number of hydrogen-bond acceptors (Lipinski definition) is 6. The standard InChI is InChI=1S/C13H17Cl3NO6P/c1-20-9-6-5-8(7-10(9)21-2)11(18)17-12(13(14,15)16)24(19,22-3)23-4/h5-7,12H,1-4H3,(H,17,18). The summed E-state index contributed by atoms with van der Waals surface area (Å²) in [6.45, 7) is 0. The van der Waals surface area contributed by atoms with E-state index in [1.807, 2.05) is 0 Å². The van der Waals surface area contributed by atoms with Crippen LogP contribution in [-0.4, -0.2) is 43.9 Å². The van der Waals surface area contributed by atoms with Gasteiger partial charge < -0.3 is 23.8 Å². The Morgan fingerprint density at radius 1 is 1.08 bits per heavy atom. The molecule has 1 aromatic rings. The topological polar surface area (TPSA) is 83.1 Å². The maximum Gasteiger partial charge on any atom is 0.356 e. The average Bonchev–Trinajstić information content (AvgIpc) is 2.57. The van der Waals surface area contributed by atoms with Crippen molar-refractivity contribution in [1.82, 2.24) is 5.32 Å². The molecule has 1 atom stereocenters. The molecule has 0 radical (unpaired) electrons. The smallest absolute Gasteiger partial charge is 0.356 e. The number of ether oxygens (including phenoxy) is 2. The van der Waals surface area contributed by atoms with Crippen molar-refractivity contribution in [2.75, 3.05) is 28.4 Å². The van der Waals surface area contributed by atoms with Gasteiger partial charge in [0.15, 0.2) is 17.3 Å². The van der Waals surface area contributed by atoms with Gasteiger partial charge in [-0.2, -0.15) is 0 Å². The zero-order valence-electron chi connectivity index (χ0n) is 13.3. The van der Waals surface area contributed by atoms with Gasteiger partial charge in [-0.05, 0) is 18.2 Å². The Labute approximate surface area is 155 Å². The van der Waals surface area contributed by atoms with Crippen LogP contribution < -0.4 is 14.8 Å². The lowest BCUT2D eigenvalue weighted by molar-refractivity contribution is 0.0941. The van der Waals surface area contributed by atoms with Crippen molar-refractivity contribution in [1.29, 1.82) is 0 Å². The molecular formula is C13H17Cl3NO6P. The van der Waals surface area contributed by atoms with E-state index >= 15 is 0 Å². The van der Waals surface area contributed by atoms with Crippen molar-refractivity contribution >= 4 is 48.3 Å². The maximum atomic E-state index is 12.5. The first kappa shape index (κ1) is 21.4. The van der Waals surface area contributed by atoms with Crippen LogP contribution in [0.3, 0.4) is 0 Å². The van der Waals surface area contributed by atoms with Crippen LogP contribution in [0.15, 0.2) is 18.2 Å². The number of methoxy groups -OCH3 is 2. The fourth-order valence-corrected chi connectivity index (χ4v) is 4.25. The van der Waals surface area contributed by atoms with Crippen LogP contribution in [0, 0.1) is 0 Å². The molecule has 0 aliphatic carbocycles. The molecule has 0 aliphatic rings. The van der Waals surface area contributed by atoms with Gasteiger partial charge in [0.1, 0.15) is 0 Å². The van der Waals surface area contributed by atoms with Crippen LogP contribution in [0.25, 0.3) is 0 Å². The predicted octanol–water partition coefficient (Wildman–Crippen LogP) is 3.62. The summed E-state index contributed by atoms with van der Waals surface area (Å²) in [4.78, 5) is 12.4. The molecule has 0 aromatic heterocycles. The number of carbonyl (C=O) groups excluding carboxylic acids is 1. The molecule has 1 unspecified atom stereocenters. The fraction of sp³-hybridized carbons (Fsp3) is 0.462. The zero-order valence-corrected chi connectivity index (χ0v) is 16.5. The van der Waals surface area contributed by atoms with Gasteiger partial charge in [0.25, 0.3) is 5.91 Å². The predicted molar refractivity (Wildman–Crippen MR) is 92.7 cm³/mol. The first-order valence-electron chi connectivity index (χ1n) is 6.43. The van der Waals surface area contributed by atoms with Crippen LogP contribution >= 0.6 is 42.4 Å². The Hall–Kier alpha value is -0.690. The highest BCUT2D eigenvalue weighted by molar-refractivity contribution is 7.55. The number of carbonyl (C=O) groups is 1. The molecule has 11 heteroatoms. The number of halogens is 3.